The fourth-order valence-corrected chi connectivity index (χ4v) is 4.99. The zero-order chi connectivity index (χ0) is 26.5. The van der Waals surface area contributed by atoms with Crippen molar-refractivity contribution in [3.05, 3.63) is 72.2 Å². The highest BCUT2D eigenvalue weighted by Crippen LogP contribution is 2.35. The summed E-state index contributed by atoms with van der Waals surface area (Å²) in [6.07, 6.45) is 5.50. The monoisotopic (exact) mass is 517 g/mol. The molecule has 0 aliphatic heterocycles. The van der Waals surface area contributed by atoms with E-state index in [0.717, 1.165) is 31.2 Å². The zero-order valence-corrected chi connectivity index (χ0v) is 21.5. The number of methoxy groups -OCH3 is 2. The summed E-state index contributed by atoms with van der Waals surface area (Å²) in [5, 5.41) is 11.5. The third-order valence-electron chi connectivity index (χ3n) is 6.93. The summed E-state index contributed by atoms with van der Waals surface area (Å²) in [6, 6.07) is 15.3. The summed E-state index contributed by atoms with van der Waals surface area (Å²) in [5.41, 5.74) is 1.96. The van der Waals surface area contributed by atoms with E-state index in [9.17, 15) is 9.59 Å². The highest BCUT2D eigenvalue weighted by Gasteiger charge is 2.36. The number of nitrogens with one attached hydrogen (secondary N) is 1. The fourth-order valence-electron chi connectivity index (χ4n) is 4.99. The Balaban J connectivity index is 1.56. The van der Waals surface area contributed by atoms with Crippen LogP contribution in [0.25, 0.3) is 11.0 Å². The predicted molar refractivity (Wildman–Crippen MR) is 139 cm³/mol. The minimum atomic E-state index is -0.983. The van der Waals surface area contributed by atoms with Crippen LogP contribution in [-0.4, -0.2) is 52.0 Å². The quantitative estimate of drug-likeness (QED) is 0.340. The fraction of sp³-hybridized carbons (Fsp3) is 0.357. The van der Waals surface area contributed by atoms with Gasteiger partial charge in [0, 0.05) is 17.7 Å². The lowest BCUT2D eigenvalue weighted by Crippen LogP contribution is -2.46. The van der Waals surface area contributed by atoms with Crippen LogP contribution >= 0.6 is 0 Å². The Bertz CT molecular complexity index is 1390. The number of amides is 2. The molecule has 2 amide bonds. The summed E-state index contributed by atoms with van der Waals surface area (Å²) in [5.74, 6) is 0.982. The van der Waals surface area contributed by atoms with Crippen LogP contribution in [-0.2, 0) is 22.7 Å². The molecule has 1 saturated carbocycles. The molecule has 2 aromatic carbocycles. The predicted octanol–water partition coefficient (Wildman–Crippen LogP) is 3.87. The van der Waals surface area contributed by atoms with E-state index in [-0.39, 0.29) is 30.9 Å². The average molecular weight is 518 g/mol. The van der Waals surface area contributed by atoms with Crippen molar-refractivity contribution >= 4 is 22.8 Å². The van der Waals surface area contributed by atoms with Gasteiger partial charge in [-0.2, -0.15) is 0 Å². The molecule has 0 unspecified atom stereocenters. The molecule has 1 aliphatic rings. The summed E-state index contributed by atoms with van der Waals surface area (Å²) in [6.45, 7) is -0.0245. The van der Waals surface area contributed by atoms with Crippen LogP contribution in [0.3, 0.4) is 0 Å². The first kappa shape index (κ1) is 25.3. The summed E-state index contributed by atoms with van der Waals surface area (Å²) >= 11 is 0. The number of furan rings is 1. The van der Waals surface area contributed by atoms with Gasteiger partial charge in [0.05, 0.1) is 32.5 Å². The van der Waals surface area contributed by atoms with Crippen LogP contribution in [0, 0.1) is 0 Å². The second-order valence-electron chi connectivity index (χ2n) is 9.34. The molecule has 198 valence electrons. The molecule has 38 heavy (non-hydrogen) atoms. The SMILES string of the molecule is COc1ccc([C@@H](C(=O)NC2CCCC2)N(Cc2ccco2)C(=O)Cn2nnc3ccccc32)c(OC)c1. The lowest BCUT2D eigenvalue weighted by molar-refractivity contribution is -0.142. The first-order valence-corrected chi connectivity index (χ1v) is 12.7. The maximum Gasteiger partial charge on any atom is 0.247 e. The Morgan fingerprint density at radius 1 is 1.11 bits per heavy atom. The standard InChI is InChI=1S/C28H31N5O5/c1-36-20-13-14-22(25(16-20)37-2)27(28(35)29-19-8-3-4-9-19)32(17-21-10-7-15-38-21)26(34)18-33-24-12-6-5-11-23(24)30-31-33/h5-7,10-16,19,27H,3-4,8-9,17-18H2,1-2H3,(H,29,35)/t27-/m0/s1. The van der Waals surface area contributed by atoms with E-state index < -0.39 is 6.04 Å². The van der Waals surface area contributed by atoms with E-state index in [1.165, 1.54) is 12.0 Å². The zero-order valence-electron chi connectivity index (χ0n) is 21.5. The third kappa shape index (κ3) is 5.34. The van der Waals surface area contributed by atoms with Gasteiger partial charge in [-0.05, 0) is 49.2 Å². The number of aromatic nitrogens is 3. The first-order valence-electron chi connectivity index (χ1n) is 12.7. The van der Waals surface area contributed by atoms with Gasteiger partial charge in [-0.15, -0.1) is 5.10 Å². The lowest BCUT2D eigenvalue weighted by Gasteiger charge is -2.32. The molecule has 2 aromatic heterocycles. The normalized spacial score (nSPS) is 14.4. The van der Waals surface area contributed by atoms with Crippen molar-refractivity contribution in [3.63, 3.8) is 0 Å². The van der Waals surface area contributed by atoms with Crippen LogP contribution in [0.4, 0.5) is 0 Å². The van der Waals surface area contributed by atoms with Crippen LogP contribution in [0.5, 0.6) is 11.5 Å². The topological polar surface area (TPSA) is 112 Å². The number of ether oxygens (including phenoxy) is 2. The van der Waals surface area contributed by atoms with E-state index in [4.69, 9.17) is 13.9 Å². The van der Waals surface area contributed by atoms with E-state index >= 15 is 0 Å². The second kappa shape index (κ2) is 11.4. The van der Waals surface area contributed by atoms with Gasteiger partial charge in [-0.1, -0.05) is 30.2 Å². The van der Waals surface area contributed by atoms with Crippen molar-refractivity contribution in [3.8, 4) is 11.5 Å². The van der Waals surface area contributed by atoms with Crippen molar-refractivity contribution in [2.45, 2.75) is 50.9 Å². The highest BCUT2D eigenvalue weighted by atomic mass is 16.5. The minimum Gasteiger partial charge on any atom is -0.497 e. The number of carbonyl (C=O) groups excluding carboxylic acids is 2. The number of hydrogen-bond acceptors (Lipinski definition) is 7. The number of rotatable bonds is 10. The molecule has 10 nitrogen and oxygen atoms in total. The smallest absolute Gasteiger partial charge is 0.247 e. The van der Waals surface area contributed by atoms with E-state index in [2.05, 4.69) is 15.6 Å². The maximum atomic E-state index is 14.0. The average Bonchev–Trinajstić information content (AvgIpc) is 3.72. The molecule has 1 atom stereocenters. The van der Waals surface area contributed by atoms with Gasteiger partial charge in [-0.25, -0.2) is 4.68 Å². The molecule has 0 radical (unpaired) electrons. The number of fused-ring (bicyclic) bond motifs is 1. The van der Waals surface area contributed by atoms with Gasteiger partial charge < -0.3 is 24.1 Å². The Morgan fingerprint density at radius 2 is 1.92 bits per heavy atom. The Kier molecular flexibility index (Phi) is 7.57. The minimum absolute atomic E-state index is 0.0640. The van der Waals surface area contributed by atoms with E-state index in [1.807, 2.05) is 24.3 Å². The first-order chi connectivity index (χ1) is 18.6. The molecule has 4 aromatic rings. The molecular formula is C28H31N5O5. The van der Waals surface area contributed by atoms with Gasteiger partial charge in [0.25, 0.3) is 0 Å². The molecule has 0 spiro atoms. The number of carbonyl (C=O) groups is 2. The van der Waals surface area contributed by atoms with Crippen molar-refractivity contribution in [2.24, 2.45) is 0 Å². The Morgan fingerprint density at radius 3 is 2.66 bits per heavy atom. The number of para-hydroxylation sites is 1. The maximum absolute atomic E-state index is 14.0. The Labute approximate surface area is 220 Å². The molecular weight excluding hydrogens is 486 g/mol. The van der Waals surface area contributed by atoms with Crippen molar-refractivity contribution in [2.75, 3.05) is 14.2 Å². The van der Waals surface area contributed by atoms with Gasteiger partial charge in [-0.3, -0.25) is 9.59 Å². The largest absolute Gasteiger partial charge is 0.497 e. The summed E-state index contributed by atoms with van der Waals surface area (Å²) in [4.78, 5) is 29.5. The van der Waals surface area contributed by atoms with Crippen molar-refractivity contribution < 1.29 is 23.5 Å². The van der Waals surface area contributed by atoms with Crippen molar-refractivity contribution in [1.29, 1.82) is 0 Å². The number of nitrogens with zero attached hydrogens (tertiary/aromatic N) is 4. The van der Waals surface area contributed by atoms with Gasteiger partial charge >= 0.3 is 0 Å². The molecule has 0 saturated heterocycles. The van der Waals surface area contributed by atoms with E-state index in [1.54, 1.807) is 48.4 Å². The molecule has 1 aliphatic carbocycles. The summed E-state index contributed by atoms with van der Waals surface area (Å²) < 4.78 is 18.2. The molecule has 0 bridgehead atoms. The van der Waals surface area contributed by atoms with Crippen molar-refractivity contribution in [1.82, 2.24) is 25.2 Å². The van der Waals surface area contributed by atoms with E-state index in [0.29, 0.717) is 28.3 Å². The molecule has 10 heteroatoms. The van der Waals surface area contributed by atoms with Gasteiger partial charge in [0.1, 0.15) is 35.4 Å². The number of hydrogen-bond donors (Lipinski definition) is 1. The molecule has 1 N–H and O–H groups in total. The van der Waals surface area contributed by atoms with Crippen LogP contribution in [0.2, 0.25) is 0 Å². The summed E-state index contributed by atoms with van der Waals surface area (Å²) in [7, 11) is 3.10. The molecule has 5 rings (SSSR count). The van der Waals surface area contributed by atoms with Gasteiger partial charge in [0.2, 0.25) is 11.8 Å². The number of benzene rings is 2. The molecule has 2 heterocycles. The van der Waals surface area contributed by atoms with Crippen LogP contribution in [0.1, 0.15) is 43.0 Å². The lowest BCUT2D eigenvalue weighted by atomic mass is 10.0. The third-order valence-corrected chi connectivity index (χ3v) is 6.93. The second-order valence-corrected chi connectivity index (χ2v) is 9.34. The van der Waals surface area contributed by atoms with Gasteiger partial charge in [0.15, 0.2) is 0 Å². The van der Waals surface area contributed by atoms with Crippen LogP contribution < -0.4 is 14.8 Å². The highest BCUT2D eigenvalue weighted by molar-refractivity contribution is 5.90. The van der Waals surface area contributed by atoms with Crippen LogP contribution in [0.15, 0.2) is 65.3 Å². The Hall–Kier alpha value is -4.34. The molecule has 1 fully saturated rings.